The van der Waals surface area contributed by atoms with Crippen molar-refractivity contribution in [3.63, 3.8) is 0 Å². The summed E-state index contributed by atoms with van der Waals surface area (Å²) in [6.45, 7) is -0.0893. The molecule has 2 heterocycles. The number of amides is 1. The Kier molecular flexibility index (Phi) is 3.77. The Hall–Kier alpha value is -1.94. The second-order valence-electron chi connectivity index (χ2n) is 4.17. The number of ether oxygens (including phenoxy) is 2. The summed E-state index contributed by atoms with van der Waals surface area (Å²) in [6.07, 6.45) is -0.193. The van der Waals surface area contributed by atoms with Crippen LogP contribution in [0.5, 0.6) is 11.8 Å². The molecule has 0 saturated carbocycles. The summed E-state index contributed by atoms with van der Waals surface area (Å²) in [5.41, 5.74) is 0. The van der Waals surface area contributed by atoms with Crippen molar-refractivity contribution in [2.75, 3.05) is 25.7 Å². The summed E-state index contributed by atoms with van der Waals surface area (Å²) < 4.78 is 32.6. The van der Waals surface area contributed by atoms with Crippen LogP contribution in [0.25, 0.3) is 0 Å². The number of hydrogen-bond acceptors (Lipinski definition) is 7. The van der Waals surface area contributed by atoms with E-state index in [1.165, 1.54) is 20.3 Å². The van der Waals surface area contributed by atoms with Gasteiger partial charge in [-0.2, -0.15) is 9.97 Å². The molecule has 1 aliphatic rings. The van der Waals surface area contributed by atoms with Crippen molar-refractivity contribution in [3.05, 3.63) is 6.07 Å². The van der Waals surface area contributed by atoms with Gasteiger partial charge < -0.3 is 9.47 Å². The van der Waals surface area contributed by atoms with E-state index in [-0.39, 0.29) is 30.7 Å². The van der Waals surface area contributed by atoms with Gasteiger partial charge in [0.05, 0.1) is 20.3 Å². The van der Waals surface area contributed by atoms with Crippen molar-refractivity contribution in [2.24, 2.45) is 5.14 Å². The van der Waals surface area contributed by atoms with Crippen molar-refractivity contribution in [3.8, 4) is 11.8 Å². The number of nitrogens with zero attached hydrogens (tertiary/aromatic N) is 3. The number of methoxy groups -OCH3 is 2. The summed E-state index contributed by atoms with van der Waals surface area (Å²) >= 11 is 0. The zero-order valence-electron chi connectivity index (χ0n) is 10.9. The lowest BCUT2D eigenvalue weighted by molar-refractivity contribution is -0.117. The smallest absolute Gasteiger partial charge is 0.238 e. The molecule has 1 fully saturated rings. The van der Waals surface area contributed by atoms with E-state index in [1.54, 1.807) is 0 Å². The van der Waals surface area contributed by atoms with Crippen LogP contribution >= 0.6 is 0 Å². The molecule has 20 heavy (non-hydrogen) atoms. The number of carbonyl (C=O) groups excluding carboxylic acids is 1. The Balaban J connectivity index is 2.34. The second kappa shape index (κ2) is 5.21. The molecule has 1 amide bonds. The molecule has 10 heteroatoms. The third kappa shape index (κ3) is 2.80. The molecule has 0 aliphatic carbocycles. The number of aromatic nitrogens is 2. The molecule has 110 valence electrons. The number of anilines is 1. The fraction of sp³-hybridized carbons (Fsp3) is 0.500. The van der Waals surface area contributed by atoms with Gasteiger partial charge in [0, 0.05) is 13.0 Å². The molecule has 1 aromatic heterocycles. The summed E-state index contributed by atoms with van der Waals surface area (Å²) in [6, 6.07) is 1.45. The number of sulfonamides is 1. The van der Waals surface area contributed by atoms with Crippen molar-refractivity contribution in [1.82, 2.24) is 9.97 Å². The van der Waals surface area contributed by atoms with Crippen LogP contribution in [-0.2, 0) is 14.8 Å². The molecule has 0 radical (unpaired) electrons. The zero-order chi connectivity index (χ0) is 14.9. The van der Waals surface area contributed by atoms with Gasteiger partial charge in [0.15, 0.2) is 0 Å². The highest BCUT2D eigenvalue weighted by Gasteiger charge is 2.38. The molecule has 0 aromatic carbocycles. The first-order valence-electron chi connectivity index (χ1n) is 5.64. The van der Waals surface area contributed by atoms with E-state index in [1.807, 2.05) is 0 Å². The Morgan fingerprint density at radius 3 is 2.25 bits per heavy atom. The van der Waals surface area contributed by atoms with E-state index in [0.717, 1.165) is 4.90 Å². The lowest BCUT2D eigenvalue weighted by Crippen LogP contribution is -2.32. The predicted octanol–water partition coefficient (Wildman–Crippen LogP) is -1.11. The van der Waals surface area contributed by atoms with Gasteiger partial charge in [-0.25, -0.2) is 13.6 Å². The van der Waals surface area contributed by atoms with Crippen LogP contribution in [0.3, 0.4) is 0 Å². The van der Waals surface area contributed by atoms with E-state index in [9.17, 15) is 13.2 Å². The minimum Gasteiger partial charge on any atom is -0.481 e. The van der Waals surface area contributed by atoms with Crippen LogP contribution in [-0.4, -0.2) is 50.3 Å². The van der Waals surface area contributed by atoms with Gasteiger partial charge in [-0.1, -0.05) is 0 Å². The second-order valence-corrected chi connectivity index (χ2v) is 6.02. The lowest BCUT2D eigenvalue weighted by atomic mass is 10.4. The minimum absolute atomic E-state index is 0.0253. The average Bonchev–Trinajstić information content (AvgIpc) is 2.80. The number of rotatable bonds is 4. The Morgan fingerprint density at radius 2 is 1.85 bits per heavy atom. The molecule has 1 aromatic rings. The molecule has 1 atom stereocenters. The van der Waals surface area contributed by atoms with Crippen LogP contribution in [0, 0.1) is 0 Å². The molecule has 2 N–H and O–H groups in total. The van der Waals surface area contributed by atoms with E-state index >= 15 is 0 Å². The summed E-state index contributed by atoms with van der Waals surface area (Å²) in [4.78, 5) is 21.0. The van der Waals surface area contributed by atoms with Gasteiger partial charge in [-0.3, -0.25) is 9.69 Å². The maximum Gasteiger partial charge on any atom is 0.238 e. The zero-order valence-corrected chi connectivity index (χ0v) is 11.8. The van der Waals surface area contributed by atoms with Gasteiger partial charge in [0.25, 0.3) is 0 Å². The molecule has 9 nitrogen and oxygen atoms in total. The topological polar surface area (TPSA) is 125 Å². The maximum absolute atomic E-state index is 11.9. The first-order chi connectivity index (χ1) is 9.35. The normalized spacial score (nSPS) is 19.2. The standard InChI is InChI=1S/C10H14N4O5S/c1-18-7-4-8(19-2)13-10(12-7)14-5-6(3-9(14)15)20(11,16)17/h4,6H,3,5H2,1-2H3,(H2,11,16,17). The quantitative estimate of drug-likeness (QED) is 0.747. The van der Waals surface area contributed by atoms with Crippen LogP contribution in [0.4, 0.5) is 5.95 Å². The minimum atomic E-state index is -3.79. The summed E-state index contributed by atoms with van der Waals surface area (Å²) in [5, 5.41) is 4.10. The average molecular weight is 302 g/mol. The predicted molar refractivity (Wildman–Crippen MR) is 69.0 cm³/mol. The van der Waals surface area contributed by atoms with Gasteiger partial charge in [0.1, 0.15) is 5.25 Å². The highest BCUT2D eigenvalue weighted by molar-refractivity contribution is 7.89. The van der Waals surface area contributed by atoms with Crippen LogP contribution in [0.1, 0.15) is 6.42 Å². The molecule has 0 spiro atoms. The fourth-order valence-electron chi connectivity index (χ4n) is 1.81. The highest BCUT2D eigenvalue weighted by atomic mass is 32.2. The van der Waals surface area contributed by atoms with Gasteiger partial charge in [0.2, 0.25) is 33.6 Å². The van der Waals surface area contributed by atoms with Crippen LogP contribution in [0.15, 0.2) is 6.07 Å². The number of hydrogen-bond donors (Lipinski definition) is 1. The third-order valence-electron chi connectivity index (χ3n) is 2.88. The first-order valence-corrected chi connectivity index (χ1v) is 7.25. The largest absolute Gasteiger partial charge is 0.481 e. The van der Waals surface area contributed by atoms with E-state index in [2.05, 4.69) is 9.97 Å². The maximum atomic E-state index is 11.9. The number of primary sulfonamides is 1. The number of nitrogens with two attached hydrogens (primary N) is 1. The third-order valence-corrected chi connectivity index (χ3v) is 4.13. The molecule has 0 bridgehead atoms. The first kappa shape index (κ1) is 14.5. The van der Waals surface area contributed by atoms with Gasteiger partial charge >= 0.3 is 0 Å². The van der Waals surface area contributed by atoms with E-state index in [4.69, 9.17) is 14.6 Å². The Bertz CT molecular complexity index is 610. The molecular weight excluding hydrogens is 288 g/mol. The van der Waals surface area contributed by atoms with Gasteiger partial charge in [-0.15, -0.1) is 0 Å². The number of carbonyl (C=O) groups is 1. The van der Waals surface area contributed by atoms with Crippen LogP contribution in [0.2, 0.25) is 0 Å². The van der Waals surface area contributed by atoms with Gasteiger partial charge in [-0.05, 0) is 0 Å². The molecule has 1 aliphatic heterocycles. The van der Waals surface area contributed by atoms with Crippen LogP contribution < -0.4 is 19.5 Å². The summed E-state index contributed by atoms with van der Waals surface area (Å²) in [5.74, 6) is 0.0223. The lowest BCUT2D eigenvalue weighted by Gasteiger charge is -2.15. The van der Waals surface area contributed by atoms with Crippen molar-refractivity contribution in [2.45, 2.75) is 11.7 Å². The van der Waals surface area contributed by atoms with Crippen molar-refractivity contribution >= 4 is 21.9 Å². The molecule has 1 unspecified atom stereocenters. The molecular formula is C10H14N4O5S. The molecule has 2 rings (SSSR count). The van der Waals surface area contributed by atoms with Crippen molar-refractivity contribution in [1.29, 1.82) is 0 Å². The summed E-state index contributed by atoms with van der Waals surface area (Å²) in [7, 11) is -0.974. The Morgan fingerprint density at radius 1 is 1.30 bits per heavy atom. The highest BCUT2D eigenvalue weighted by Crippen LogP contribution is 2.25. The van der Waals surface area contributed by atoms with Crippen molar-refractivity contribution < 1.29 is 22.7 Å². The van der Waals surface area contributed by atoms with E-state index < -0.39 is 21.2 Å². The molecule has 1 saturated heterocycles. The van der Waals surface area contributed by atoms with E-state index in [0.29, 0.717) is 0 Å². The monoisotopic (exact) mass is 302 g/mol. The Labute approximate surface area is 115 Å². The SMILES string of the molecule is COc1cc(OC)nc(N2CC(S(N)(=O)=O)CC2=O)n1. The fourth-order valence-corrected chi connectivity index (χ4v) is 2.54.